The van der Waals surface area contributed by atoms with E-state index in [1.54, 1.807) is 0 Å². The van der Waals surface area contributed by atoms with Gasteiger partial charge in [0.25, 0.3) is 0 Å². The molecule has 0 saturated carbocycles. The molecule has 0 radical (unpaired) electrons. The van der Waals surface area contributed by atoms with Crippen LogP contribution in [0, 0.1) is 6.92 Å². The van der Waals surface area contributed by atoms with Crippen molar-refractivity contribution in [2.45, 2.75) is 25.9 Å². The third-order valence-corrected chi connectivity index (χ3v) is 3.92. The lowest BCUT2D eigenvalue weighted by atomic mass is 10.1. The zero-order chi connectivity index (χ0) is 13.8. The number of nitrogens with zero attached hydrogens (tertiary/aromatic N) is 1. The number of hydrogen-bond acceptors (Lipinski definition) is 3. The Kier molecular flexibility index (Phi) is 4.80. The Balaban J connectivity index is 2.10. The Bertz CT molecular complexity index is 464. The predicted molar refractivity (Wildman–Crippen MR) is 73.5 cm³/mol. The van der Waals surface area contributed by atoms with Gasteiger partial charge in [0.05, 0.1) is 19.6 Å². The molecule has 2 rings (SSSR count). The molecule has 1 saturated heterocycles. The van der Waals surface area contributed by atoms with Crippen molar-refractivity contribution in [1.29, 1.82) is 0 Å². The molecular formula is C14H18ClNO3. The maximum atomic E-state index is 10.9. The summed E-state index contributed by atoms with van der Waals surface area (Å²) in [6, 6.07) is 5.77. The molecule has 104 valence electrons. The quantitative estimate of drug-likeness (QED) is 0.921. The Morgan fingerprint density at radius 3 is 3.11 bits per heavy atom. The molecular weight excluding hydrogens is 266 g/mol. The summed E-state index contributed by atoms with van der Waals surface area (Å²) in [5.41, 5.74) is 2.20. The lowest BCUT2D eigenvalue weighted by molar-refractivity contribution is -0.140. The van der Waals surface area contributed by atoms with Gasteiger partial charge in [0.1, 0.15) is 0 Å². The number of hydrogen-bond donors (Lipinski definition) is 1. The number of benzene rings is 1. The highest BCUT2D eigenvalue weighted by molar-refractivity contribution is 6.31. The predicted octanol–water partition coefficient (Wildman–Crippen LogP) is 2.32. The maximum Gasteiger partial charge on any atom is 0.305 e. The number of aliphatic carboxylic acids is 1. The molecule has 1 N–H and O–H groups in total. The summed E-state index contributed by atoms with van der Waals surface area (Å²) in [5, 5.41) is 9.70. The van der Waals surface area contributed by atoms with E-state index >= 15 is 0 Å². The topological polar surface area (TPSA) is 49.8 Å². The zero-order valence-corrected chi connectivity index (χ0v) is 11.7. The van der Waals surface area contributed by atoms with Crippen molar-refractivity contribution in [1.82, 2.24) is 4.90 Å². The van der Waals surface area contributed by atoms with Gasteiger partial charge in [0.2, 0.25) is 0 Å². The third kappa shape index (κ3) is 3.69. The van der Waals surface area contributed by atoms with Gasteiger partial charge >= 0.3 is 5.97 Å². The van der Waals surface area contributed by atoms with Gasteiger partial charge < -0.3 is 9.84 Å². The van der Waals surface area contributed by atoms with Crippen molar-refractivity contribution >= 4 is 17.6 Å². The van der Waals surface area contributed by atoms with E-state index in [9.17, 15) is 4.79 Å². The highest BCUT2D eigenvalue weighted by atomic mass is 35.5. The number of ether oxygens (including phenoxy) is 1. The molecule has 0 aromatic heterocycles. The first-order valence-corrected chi connectivity index (χ1v) is 6.73. The van der Waals surface area contributed by atoms with E-state index in [-0.39, 0.29) is 12.5 Å². The lowest BCUT2D eigenvalue weighted by Crippen LogP contribution is -2.46. The molecule has 1 unspecified atom stereocenters. The van der Waals surface area contributed by atoms with E-state index in [0.717, 1.165) is 22.7 Å². The average molecular weight is 284 g/mol. The Morgan fingerprint density at radius 2 is 2.37 bits per heavy atom. The first kappa shape index (κ1) is 14.3. The first-order chi connectivity index (χ1) is 9.08. The number of rotatable bonds is 4. The monoisotopic (exact) mass is 283 g/mol. The molecule has 5 heteroatoms. The van der Waals surface area contributed by atoms with E-state index in [2.05, 4.69) is 4.90 Å². The molecule has 1 fully saturated rings. The fourth-order valence-electron chi connectivity index (χ4n) is 2.33. The number of morpholine rings is 1. The Morgan fingerprint density at radius 1 is 1.58 bits per heavy atom. The molecule has 0 spiro atoms. The molecule has 0 bridgehead atoms. The molecule has 4 nitrogen and oxygen atoms in total. The normalized spacial score (nSPS) is 20.4. The maximum absolute atomic E-state index is 10.9. The average Bonchev–Trinajstić information content (AvgIpc) is 2.36. The van der Waals surface area contributed by atoms with Crippen molar-refractivity contribution < 1.29 is 14.6 Å². The van der Waals surface area contributed by atoms with Crippen LogP contribution in [0.1, 0.15) is 17.5 Å². The molecule has 1 aliphatic heterocycles. The van der Waals surface area contributed by atoms with Crippen LogP contribution in [-0.4, -0.2) is 41.8 Å². The van der Waals surface area contributed by atoms with Crippen molar-refractivity contribution in [2.75, 3.05) is 19.8 Å². The van der Waals surface area contributed by atoms with Crippen molar-refractivity contribution in [2.24, 2.45) is 0 Å². The Hall–Kier alpha value is -1.10. The lowest BCUT2D eigenvalue weighted by Gasteiger charge is -2.35. The third-order valence-electron chi connectivity index (χ3n) is 3.51. The van der Waals surface area contributed by atoms with Crippen molar-refractivity contribution in [3.63, 3.8) is 0 Å². The molecule has 0 aliphatic carbocycles. The second-order valence-corrected chi connectivity index (χ2v) is 5.23. The summed E-state index contributed by atoms with van der Waals surface area (Å²) in [4.78, 5) is 13.0. The highest BCUT2D eigenvalue weighted by Crippen LogP contribution is 2.22. The second-order valence-electron chi connectivity index (χ2n) is 4.82. The van der Waals surface area contributed by atoms with E-state index < -0.39 is 5.97 Å². The smallest absolute Gasteiger partial charge is 0.305 e. The molecule has 1 aromatic rings. The van der Waals surface area contributed by atoms with E-state index in [0.29, 0.717) is 19.8 Å². The van der Waals surface area contributed by atoms with E-state index in [1.807, 2.05) is 25.1 Å². The fourth-order valence-corrected chi connectivity index (χ4v) is 2.52. The molecule has 1 atom stereocenters. The van der Waals surface area contributed by atoms with E-state index in [4.69, 9.17) is 21.4 Å². The highest BCUT2D eigenvalue weighted by Gasteiger charge is 2.25. The van der Waals surface area contributed by atoms with E-state index in [1.165, 1.54) is 0 Å². The molecule has 1 aromatic carbocycles. The first-order valence-electron chi connectivity index (χ1n) is 6.35. The van der Waals surface area contributed by atoms with Crippen LogP contribution in [0.25, 0.3) is 0 Å². The van der Waals surface area contributed by atoms with Crippen LogP contribution in [-0.2, 0) is 16.1 Å². The summed E-state index contributed by atoms with van der Waals surface area (Å²) in [6.45, 7) is 4.59. The SMILES string of the molecule is Cc1c(Cl)cccc1CN1CCOCC1CC(=O)O. The minimum absolute atomic E-state index is 0.0652. The van der Waals surface area contributed by atoms with Crippen LogP contribution < -0.4 is 0 Å². The molecule has 19 heavy (non-hydrogen) atoms. The standard InChI is InChI=1S/C14H18ClNO3/c1-10-11(3-2-4-13(10)15)8-16-5-6-19-9-12(16)7-14(17)18/h2-4,12H,5-9H2,1H3,(H,17,18). The number of halogens is 1. The van der Waals surface area contributed by atoms with Crippen molar-refractivity contribution in [3.8, 4) is 0 Å². The van der Waals surface area contributed by atoms with Gasteiger partial charge in [-0.3, -0.25) is 9.69 Å². The van der Waals surface area contributed by atoms with Crippen molar-refractivity contribution in [3.05, 3.63) is 34.3 Å². The minimum Gasteiger partial charge on any atom is -0.481 e. The Labute approximate surface area is 117 Å². The van der Waals surface area contributed by atoms with Gasteiger partial charge in [-0.05, 0) is 24.1 Å². The van der Waals surface area contributed by atoms with Gasteiger partial charge in [-0.2, -0.15) is 0 Å². The number of carboxylic acids is 1. The minimum atomic E-state index is -0.789. The summed E-state index contributed by atoms with van der Waals surface area (Å²) in [5.74, 6) is -0.789. The summed E-state index contributed by atoms with van der Waals surface area (Å²) < 4.78 is 5.37. The largest absolute Gasteiger partial charge is 0.481 e. The van der Waals surface area contributed by atoms with Crippen LogP contribution in [0.5, 0.6) is 0 Å². The van der Waals surface area contributed by atoms with Gasteiger partial charge in [0.15, 0.2) is 0 Å². The number of carboxylic acid groups (broad SMARTS) is 1. The van der Waals surface area contributed by atoms with Gasteiger partial charge in [-0.25, -0.2) is 0 Å². The number of carbonyl (C=O) groups is 1. The van der Waals surface area contributed by atoms with Gasteiger partial charge in [-0.15, -0.1) is 0 Å². The summed E-state index contributed by atoms with van der Waals surface area (Å²) >= 11 is 6.11. The van der Waals surface area contributed by atoms with Crippen LogP contribution in [0.15, 0.2) is 18.2 Å². The molecule has 1 aliphatic rings. The summed E-state index contributed by atoms with van der Waals surface area (Å²) in [6.07, 6.45) is 0.111. The van der Waals surface area contributed by atoms with Crippen LogP contribution in [0.2, 0.25) is 5.02 Å². The second kappa shape index (κ2) is 6.37. The van der Waals surface area contributed by atoms with Gasteiger partial charge in [-0.1, -0.05) is 23.7 Å². The zero-order valence-electron chi connectivity index (χ0n) is 10.9. The fraction of sp³-hybridized carbons (Fsp3) is 0.500. The van der Waals surface area contributed by atoms with Crippen LogP contribution in [0.4, 0.5) is 0 Å². The molecule has 0 amide bonds. The summed E-state index contributed by atoms with van der Waals surface area (Å²) in [7, 11) is 0. The molecule has 1 heterocycles. The van der Waals surface area contributed by atoms with Crippen LogP contribution in [0.3, 0.4) is 0 Å². The van der Waals surface area contributed by atoms with Crippen LogP contribution >= 0.6 is 11.6 Å². The van der Waals surface area contributed by atoms with Gasteiger partial charge in [0, 0.05) is 24.2 Å².